The zero-order valence-corrected chi connectivity index (χ0v) is 9.35. The molecule has 1 aromatic heterocycles. The maximum atomic E-state index is 6.09. The van der Waals surface area contributed by atoms with Crippen LogP contribution >= 0.6 is 0 Å². The molecule has 3 rings (SSSR count). The van der Waals surface area contributed by atoms with Gasteiger partial charge in [0.05, 0.1) is 12.3 Å². The summed E-state index contributed by atoms with van der Waals surface area (Å²) in [6.07, 6.45) is 6.28. The first-order valence-corrected chi connectivity index (χ1v) is 6.03. The Kier molecular flexibility index (Phi) is 2.61. The SMILES string of the molecule is NC1CCCc2cnc(C3CCOC3)nc21. The second-order valence-corrected chi connectivity index (χ2v) is 4.70. The molecule has 4 nitrogen and oxygen atoms in total. The van der Waals surface area contributed by atoms with Crippen LogP contribution in [0.2, 0.25) is 0 Å². The van der Waals surface area contributed by atoms with E-state index in [4.69, 9.17) is 10.5 Å². The summed E-state index contributed by atoms with van der Waals surface area (Å²) in [4.78, 5) is 9.12. The molecule has 2 N–H and O–H groups in total. The average Bonchev–Trinajstić information content (AvgIpc) is 2.83. The Morgan fingerprint density at radius 3 is 3.12 bits per heavy atom. The van der Waals surface area contributed by atoms with Gasteiger partial charge in [-0.1, -0.05) is 0 Å². The van der Waals surface area contributed by atoms with Gasteiger partial charge in [-0.25, -0.2) is 9.97 Å². The van der Waals surface area contributed by atoms with Crippen molar-refractivity contribution in [1.29, 1.82) is 0 Å². The van der Waals surface area contributed by atoms with E-state index in [9.17, 15) is 0 Å². The molecule has 0 spiro atoms. The molecule has 16 heavy (non-hydrogen) atoms. The highest BCUT2D eigenvalue weighted by molar-refractivity contribution is 5.24. The van der Waals surface area contributed by atoms with Crippen LogP contribution in [0, 0.1) is 0 Å². The lowest BCUT2D eigenvalue weighted by Gasteiger charge is -2.21. The van der Waals surface area contributed by atoms with Gasteiger partial charge in [0.2, 0.25) is 0 Å². The number of fused-ring (bicyclic) bond motifs is 1. The Bertz CT molecular complexity index is 388. The molecule has 1 aliphatic carbocycles. The lowest BCUT2D eigenvalue weighted by Crippen LogP contribution is -2.21. The standard InChI is InChI=1S/C12H17N3O/c13-10-3-1-2-8-6-14-12(15-11(8)10)9-4-5-16-7-9/h6,9-10H,1-5,7,13H2. The predicted molar refractivity (Wildman–Crippen MR) is 60.1 cm³/mol. The van der Waals surface area contributed by atoms with E-state index in [1.807, 2.05) is 6.20 Å². The molecule has 1 aliphatic heterocycles. The number of aryl methyl sites for hydroxylation is 1. The van der Waals surface area contributed by atoms with Gasteiger partial charge < -0.3 is 10.5 Å². The fourth-order valence-electron chi connectivity index (χ4n) is 2.53. The van der Waals surface area contributed by atoms with Crippen LogP contribution in [-0.4, -0.2) is 23.2 Å². The van der Waals surface area contributed by atoms with Crippen LogP contribution in [0.1, 0.15) is 48.3 Å². The van der Waals surface area contributed by atoms with Crippen LogP contribution in [0.4, 0.5) is 0 Å². The van der Waals surface area contributed by atoms with Crippen molar-refractivity contribution in [1.82, 2.24) is 9.97 Å². The summed E-state index contributed by atoms with van der Waals surface area (Å²) in [5, 5.41) is 0. The second-order valence-electron chi connectivity index (χ2n) is 4.70. The van der Waals surface area contributed by atoms with Crippen molar-refractivity contribution < 1.29 is 4.74 Å². The van der Waals surface area contributed by atoms with Crippen LogP contribution in [0.3, 0.4) is 0 Å². The number of hydrogen-bond donors (Lipinski definition) is 1. The van der Waals surface area contributed by atoms with E-state index < -0.39 is 0 Å². The molecule has 0 amide bonds. The normalized spacial score (nSPS) is 29.1. The van der Waals surface area contributed by atoms with Crippen molar-refractivity contribution >= 4 is 0 Å². The van der Waals surface area contributed by atoms with E-state index in [0.29, 0.717) is 5.92 Å². The maximum Gasteiger partial charge on any atom is 0.134 e. The number of nitrogens with zero attached hydrogens (tertiary/aromatic N) is 2. The zero-order valence-electron chi connectivity index (χ0n) is 9.35. The Labute approximate surface area is 95.2 Å². The van der Waals surface area contributed by atoms with Gasteiger partial charge >= 0.3 is 0 Å². The molecule has 4 heteroatoms. The molecular weight excluding hydrogens is 202 g/mol. The maximum absolute atomic E-state index is 6.09. The van der Waals surface area contributed by atoms with E-state index >= 15 is 0 Å². The molecule has 1 aromatic rings. The van der Waals surface area contributed by atoms with Crippen molar-refractivity contribution in [2.24, 2.45) is 5.73 Å². The number of ether oxygens (including phenoxy) is 1. The third-order valence-corrected chi connectivity index (χ3v) is 3.52. The van der Waals surface area contributed by atoms with Crippen molar-refractivity contribution in [3.8, 4) is 0 Å². The zero-order chi connectivity index (χ0) is 11.0. The monoisotopic (exact) mass is 219 g/mol. The Morgan fingerprint density at radius 2 is 2.31 bits per heavy atom. The molecule has 0 aromatic carbocycles. The Balaban J connectivity index is 1.93. The van der Waals surface area contributed by atoms with Crippen LogP contribution in [0.5, 0.6) is 0 Å². The third-order valence-electron chi connectivity index (χ3n) is 3.52. The minimum atomic E-state index is 0.104. The summed E-state index contributed by atoms with van der Waals surface area (Å²) in [6, 6.07) is 0.104. The summed E-state index contributed by atoms with van der Waals surface area (Å²) >= 11 is 0. The van der Waals surface area contributed by atoms with E-state index in [1.54, 1.807) is 0 Å². The van der Waals surface area contributed by atoms with Crippen LogP contribution in [0.25, 0.3) is 0 Å². The quantitative estimate of drug-likeness (QED) is 0.773. The first-order valence-electron chi connectivity index (χ1n) is 6.03. The third kappa shape index (κ3) is 1.72. The average molecular weight is 219 g/mol. The van der Waals surface area contributed by atoms with Gasteiger partial charge in [0.1, 0.15) is 5.82 Å². The van der Waals surface area contributed by atoms with Crippen molar-refractivity contribution in [2.75, 3.05) is 13.2 Å². The molecular formula is C12H17N3O. The molecule has 0 radical (unpaired) electrons. The summed E-state index contributed by atoms with van der Waals surface area (Å²) in [7, 11) is 0. The van der Waals surface area contributed by atoms with E-state index in [1.165, 1.54) is 5.56 Å². The summed E-state index contributed by atoms with van der Waals surface area (Å²) in [6.45, 7) is 1.59. The second kappa shape index (κ2) is 4.11. The van der Waals surface area contributed by atoms with Crippen molar-refractivity contribution in [3.63, 3.8) is 0 Å². The fourth-order valence-corrected chi connectivity index (χ4v) is 2.53. The Morgan fingerprint density at radius 1 is 1.38 bits per heavy atom. The predicted octanol–water partition coefficient (Wildman–Crippen LogP) is 1.32. The highest BCUT2D eigenvalue weighted by atomic mass is 16.5. The van der Waals surface area contributed by atoms with E-state index in [-0.39, 0.29) is 6.04 Å². The van der Waals surface area contributed by atoms with Gasteiger partial charge in [-0.05, 0) is 31.2 Å². The number of rotatable bonds is 1. The molecule has 2 atom stereocenters. The minimum absolute atomic E-state index is 0.104. The smallest absolute Gasteiger partial charge is 0.134 e. The van der Waals surface area contributed by atoms with Gasteiger partial charge in [0.15, 0.2) is 0 Å². The lowest BCUT2D eigenvalue weighted by atomic mass is 9.93. The molecule has 0 bridgehead atoms. The van der Waals surface area contributed by atoms with E-state index in [2.05, 4.69) is 9.97 Å². The van der Waals surface area contributed by atoms with Crippen LogP contribution in [-0.2, 0) is 11.2 Å². The van der Waals surface area contributed by atoms with Crippen LogP contribution in [0.15, 0.2) is 6.20 Å². The van der Waals surface area contributed by atoms with Crippen LogP contribution < -0.4 is 5.73 Å². The summed E-state index contributed by atoms with van der Waals surface area (Å²) < 4.78 is 5.37. The van der Waals surface area contributed by atoms with E-state index in [0.717, 1.165) is 50.4 Å². The molecule has 2 unspecified atom stereocenters. The molecule has 2 aliphatic rings. The summed E-state index contributed by atoms with van der Waals surface area (Å²) in [5.41, 5.74) is 8.40. The molecule has 2 heterocycles. The van der Waals surface area contributed by atoms with Gasteiger partial charge in [-0.2, -0.15) is 0 Å². The first-order chi connectivity index (χ1) is 7.84. The molecule has 1 saturated heterocycles. The largest absolute Gasteiger partial charge is 0.381 e. The highest BCUT2D eigenvalue weighted by Crippen LogP contribution is 2.28. The van der Waals surface area contributed by atoms with Gasteiger partial charge in [0.25, 0.3) is 0 Å². The minimum Gasteiger partial charge on any atom is -0.381 e. The Hall–Kier alpha value is -1.00. The number of nitrogens with two attached hydrogens (primary N) is 1. The number of aromatic nitrogens is 2. The van der Waals surface area contributed by atoms with Crippen molar-refractivity contribution in [2.45, 2.75) is 37.6 Å². The lowest BCUT2D eigenvalue weighted by molar-refractivity contribution is 0.193. The topological polar surface area (TPSA) is 61.0 Å². The van der Waals surface area contributed by atoms with Gasteiger partial charge in [-0.15, -0.1) is 0 Å². The molecule has 0 saturated carbocycles. The molecule has 1 fully saturated rings. The first kappa shape index (κ1) is 10.2. The highest BCUT2D eigenvalue weighted by Gasteiger charge is 2.24. The fraction of sp³-hybridized carbons (Fsp3) is 0.667. The van der Waals surface area contributed by atoms with Gasteiger partial charge in [0, 0.05) is 24.8 Å². The summed E-state index contributed by atoms with van der Waals surface area (Å²) in [5.74, 6) is 1.30. The molecule has 86 valence electrons. The van der Waals surface area contributed by atoms with Crippen molar-refractivity contribution in [3.05, 3.63) is 23.3 Å². The number of hydrogen-bond acceptors (Lipinski definition) is 4. The van der Waals surface area contributed by atoms with Gasteiger partial charge in [-0.3, -0.25) is 0 Å².